The minimum Gasteiger partial charge on any atom is -0.390 e. The predicted molar refractivity (Wildman–Crippen MR) is 76.8 cm³/mol. The van der Waals surface area contributed by atoms with Crippen LogP contribution in [0.25, 0.3) is 10.4 Å². The summed E-state index contributed by atoms with van der Waals surface area (Å²) in [6.45, 7) is 4.30. The first-order valence-corrected chi connectivity index (χ1v) is 6.60. The summed E-state index contributed by atoms with van der Waals surface area (Å²) < 4.78 is 0. The van der Waals surface area contributed by atoms with E-state index in [-0.39, 0.29) is 0 Å². The Morgan fingerprint density at radius 2 is 2.00 bits per heavy atom. The fourth-order valence-electron chi connectivity index (χ4n) is 1.79. The van der Waals surface area contributed by atoms with Gasteiger partial charge in [-0.1, -0.05) is 38.1 Å². The van der Waals surface area contributed by atoms with Gasteiger partial charge in [0.2, 0.25) is 0 Å². The van der Waals surface area contributed by atoms with Gasteiger partial charge in [-0.2, -0.15) is 0 Å². The topological polar surface area (TPSA) is 69.1 Å². The maximum atomic E-state index is 11.2. The van der Waals surface area contributed by atoms with E-state index < -0.39 is 5.91 Å². The maximum Gasteiger partial charge on any atom is 0.251 e. The van der Waals surface area contributed by atoms with E-state index >= 15 is 0 Å². The lowest BCUT2D eigenvalue weighted by molar-refractivity contribution is 0.100. The van der Waals surface area contributed by atoms with Gasteiger partial charge < -0.3 is 11.5 Å². The summed E-state index contributed by atoms with van der Waals surface area (Å²) in [7, 11) is 0. The summed E-state index contributed by atoms with van der Waals surface area (Å²) >= 11 is 1.39. The van der Waals surface area contributed by atoms with Gasteiger partial charge in [0.05, 0.1) is 10.6 Å². The van der Waals surface area contributed by atoms with Crippen molar-refractivity contribution in [3.05, 3.63) is 41.5 Å². The third-order valence-electron chi connectivity index (χ3n) is 2.86. The molecule has 2 rings (SSSR count). The second-order valence-electron chi connectivity index (χ2n) is 4.53. The molecule has 2 aromatic rings. The lowest BCUT2D eigenvalue weighted by Crippen LogP contribution is -2.11. The van der Waals surface area contributed by atoms with E-state index in [1.807, 2.05) is 12.1 Å². The number of carbonyl (C=O) groups is 1. The van der Waals surface area contributed by atoms with Crippen molar-refractivity contribution in [1.29, 1.82) is 0 Å². The molecule has 18 heavy (non-hydrogen) atoms. The minimum atomic E-state index is -0.477. The average molecular weight is 260 g/mol. The highest BCUT2D eigenvalue weighted by atomic mass is 32.1. The van der Waals surface area contributed by atoms with Crippen molar-refractivity contribution in [1.82, 2.24) is 0 Å². The fourth-order valence-corrected chi connectivity index (χ4v) is 2.72. The predicted octanol–water partition coefficient (Wildman–Crippen LogP) is 3.22. The van der Waals surface area contributed by atoms with Gasteiger partial charge in [-0.05, 0) is 23.1 Å². The molecular formula is C14H16N2OS. The molecule has 1 aromatic carbocycles. The number of rotatable bonds is 3. The van der Waals surface area contributed by atoms with E-state index in [9.17, 15) is 4.79 Å². The van der Waals surface area contributed by atoms with E-state index in [4.69, 9.17) is 11.5 Å². The van der Waals surface area contributed by atoms with E-state index in [0.717, 1.165) is 10.4 Å². The number of hydrogen-bond acceptors (Lipinski definition) is 3. The van der Waals surface area contributed by atoms with Crippen LogP contribution in [0.5, 0.6) is 0 Å². The Morgan fingerprint density at radius 3 is 2.56 bits per heavy atom. The summed E-state index contributed by atoms with van der Waals surface area (Å²) in [5, 5.41) is 0.479. The number of amides is 1. The Kier molecular flexibility index (Phi) is 3.39. The number of carbonyl (C=O) groups excluding carboxylic acids is 1. The number of thiophene rings is 1. The lowest BCUT2D eigenvalue weighted by atomic mass is 10.0. The molecule has 1 amide bonds. The van der Waals surface area contributed by atoms with Crippen LogP contribution >= 0.6 is 11.3 Å². The highest BCUT2D eigenvalue weighted by molar-refractivity contribution is 7.19. The van der Waals surface area contributed by atoms with Gasteiger partial charge in [0.15, 0.2) is 0 Å². The summed E-state index contributed by atoms with van der Waals surface area (Å²) in [5.41, 5.74) is 13.8. The van der Waals surface area contributed by atoms with E-state index in [0.29, 0.717) is 16.5 Å². The zero-order chi connectivity index (χ0) is 13.3. The van der Waals surface area contributed by atoms with Crippen molar-refractivity contribution in [3.8, 4) is 10.4 Å². The fraction of sp³-hybridized carbons (Fsp3) is 0.214. The molecule has 1 aromatic heterocycles. The summed E-state index contributed by atoms with van der Waals surface area (Å²) in [4.78, 5) is 12.2. The van der Waals surface area contributed by atoms with Crippen molar-refractivity contribution in [2.24, 2.45) is 5.73 Å². The van der Waals surface area contributed by atoms with Crippen LogP contribution in [-0.2, 0) is 0 Å². The summed E-state index contributed by atoms with van der Waals surface area (Å²) in [6.07, 6.45) is 0. The first-order chi connectivity index (χ1) is 8.49. The molecule has 0 aliphatic carbocycles. The van der Waals surface area contributed by atoms with Crippen LogP contribution in [-0.4, -0.2) is 5.91 Å². The minimum absolute atomic E-state index is 0.407. The normalized spacial score (nSPS) is 10.8. The number of primary amides is 1. The molecule has 94 valence electrons. The molecule has 0 atom stereocenters. The van der Waals surface area contributed by atoms with Crippen LogP contribution in [0.3, 0.4) is 0 Å². The van der Waals surface area contributed by atoms with Gasteiger partial charge in [-0.3, -0.25) is 4.79 Å². The van der Waals surface area contributed by atoms with Crippen LogP contribution in [0.4, 0.5) is 5.00 Å². The Labute approximate surface area is 110 Å². The Balaban J connectivity index is 2.45. The van der Waals surface area contributed by atoms with Crippen LogP contribution in [0.1, 0.15) is 35.7 Å². The van der Waals surface area contributed by atoms with Crippen molar-refractivity contribution in [2.75, 3.05) is 5.73 Å². The third-order valence-corrected chi connectivity index (χ3v) is 3.88. The van der Waals surface area contributed by atoms with Crippen LogP contribution in [0, 0.1) is 0 Å². The number of hydrogen-bond donors (Lipinski definition) is 2. The van der Waals surface area contributed by atoms with Gasteiger partial charge in [0, 0.05) is 4.88 Å². The van der Waals surface area contributed by atoms with Crippen LogP contribution in [0.15, 0.2) is 30.3 Å². The van der Waals surface area contributed by atoms with Crippen LogP contribution in [0.2, 0.25) is 0 Å². The molecule has 0 unspecified atom stereocenters. The first-order valence-electron chi connectivity index (χ1n) is 5.78. The smallest absolute Gasteiger partial charge is 0.251 e. The van der Waals surface area contributed by atoms with Crippen molar-refractivity contribution >= 4 is 22.2 Å². The van der Waals surface area contributed by atoms with E-state index in [1.54, 1.807) is 6.07 Å². The molecule has 0 aliphatic heterocycles. The SMILES string of the molecule is CC(C)c1cccc(-c2cc(C(N)=O)c(N)s2)c1. The Bertz CT molecular complexity index is 587. The van der Waals surface area contributed by atoms with Gasteiger partial charge in [-0.25, -0.2) is 0 Å². The van der Waals surface area contributed by atoms with Gasteiger partial charge >= 0.3 is 0 Å². The zero-order valence-electron chi connectivity index (χ0n) is 10.4. The molecule has 0 saturated carbocycles. The van der Waals surface area contributed by atoms with E-state index in [1.165, 1.54) is 16.9 Å². The van der Waals surface area contributed by atoms with E-state index in [2.05, 4.69) is 26.0 Å². The highest BCUT2D eigenvalue weighted by Gasteiger charge is 2.12. The second-order valence-corrected chi connectivity index (χ2v) is 5.62. The largest absolute Gasteiger partial charge is 0.390 e. The number of anilines is 1. The molecule has 0 radical (unpaired) electrons. The molecule has 0 spiro atoms. The van der Waals surface area contributed by atoms with Crippen molar-refractivity contribution < 1.29 is 4.79 Å². The molecule has 3 nitrogen and oxygen atoms in total. The average Bonchev–Trinajstić information content (AvgIpc) is 2.71. The quantitative estimate of drug-likeness (QED) is 0.889. The second kappa shape index (κ2) is 4.82. The summed E-state index contributed by atoms with van der Waals surface area (Å²) in [6, 6.07) is 10.0. The number of nitrogen functional groups attached to an aromatic ring is 1. The van der Waals surface area contributed by atoms with Gasteiger partial charge in [0.1, 0.15) is 0 Å². The lowest BCUT2D eigenvalue weighted by Gasteiger charge is -2.06. The van der Waals surface area contributed by atoms with Gasteiger partial charge in [-0.15, -0.1) is 11.3 Å². The monoisotopic (exact) mass is 260 g/mol. The molecule has 0 aliphatic rings. The first kappa shape index (κ1) is 12.6. The maximum absolute atomic E-state index is 11.2. The molecule has 0 fully saturated rings. The van der Waals surface area contributed by atoms with Gasteiger partial charge in [0.25, 0.3) is 5.91 Å². The molecule has 4 heteroatoms. The van der Waals surface area contributed by atoms with Crippen molar-refractivity contribution in [2.45, 2.75) is 19.8 Å². The zero-order valence-corrected chi connectivity index (χ0v) is 11.3. The van der Waals surface area contributed by atoms with Crippen molar-refractivity contribution in [3.63, 3.8) is 0 Å². The Morgan fingerprint density at radius 1 is 1.28 bits per heavy atom. The standard InChI is InChI=1S/C14H16N2OS/c1-8(2)9-4-3-5-10(6-9)12-7-11(13(15)17)14(16)18-12/h3-8H,16H2,1-2H3,(H2,15,17). The van der Waals surface area contributed by atoms with Crippen LogP contribution < -0.4 is 11.5 Å². The highest BCUT2D eigenvalue weighted by Crippen LogP contribution is 2.34. The molecule has 0 saturated heterocycles. The summed E-state index contributed by atoms with van der Waals surface area (Å²) in [5.74, 6) is -0.00659. The molecule has 1 heterocycles. The Hall–Kier alpha value is -1.81. The molecule has 4 N–H and O–H groups in total. The number of benzene rings is 1. The molecule has 0 bridgehead atoms. The third kappa shape index (κ3) is 2.38. The number of nitrogens with two attached hydrogens (primary N) is 2. The molecular weight excluding hydrogens is 244 g/mol.